The molecule has 1 aliphatic heterocycles. The van der Waals surface area contributed by atoms with Crippen molar-refractivity contribution in [2.24, 2.45) is 5.41 Å². The predicted octanol–water partition coefficient (Wildman–Crippen LogP) is 3.01. The van der Waals surface area contributed by atoms with Crippen LogP contribution in [0.4, 0.5) is 0 Å². The average Bonchev–Trinajstić information content (AvgIpc) is 2.71. The maximum Gasteiger partial charge on any atom is 0.229 e. The highest BCUT2D eigenvalue weighted by Crippen LogP contribution is 2.28. The molecule has 1 saturated heterocycles. The van der Waals surface area contributed by atoms with Gasteiger partial charge >= 0.3 is 0 Å². The lowest BCUT2D eigenvalue weighted by molar-refractivity contribution is -0.140. The molecule has 0 bridgehead atoms. The van der Waals surface area contributed by atoms with E-state index in [0.29, 0.717) is 43.3 Å². The molecule has 1 fully saturated rings. The van der Waals surface area contributed by atoms with E-state index in [4.69, 9.17) is 21.1 Å². The molecule has 28 heavy (non-hydrogen) atoms. The fraction of sp³-hybridized carbons (Fsp3) is 0.619. The number of carbonyl (C=O) groups excluding carboxylic acids is 2. The van der Waals surface area contributed by atoms with Gasteiger partial charge in [-0.25, -0.2) is 0 Å². The van der Waals surface area contributed by atoms with E-state index in [9.17, 15) is 9.59 Å². The first-order chi connectivity index (χ1) is 13.3. The summed E-state index contributed by atoms with van der Waals surface area (Å²) in [4.78, 5) is 26.6. The van der Waals surface area contributed by atoms with Crippen molar-refractivity contribution in [2.75, 3.05) is 33.2 Å². The van der Waals surface area contributed by atoms with E-state index in [2.05, 4.69) is 5.32 Å². The van der Waals surface area contributed by atoms with Crippen LogP contribution in [0.5, 0.6) is 11.5 Å². The number of aryl methyl sites for hydroxylation is 1. The molecule has 0 aliphatic carbocycles. The van der Waals surface area contributed by atoms with Crippen LogP contribution in [0.25, 0.3) is 0 Å². The first-order valence-electron chi connectivity index (χ1n) is 9.66. The number of methoxy groups -OCH3 is 2. The summed E-state index contributed by atoms with van der Waals surface area (Å²) in [6, 6.07) is 5.80. The molecule has 1 aromatic carbocycles. The second kappa shape index (κ2) is 10.0. The van der Waals surface area contributed by atoms with Gasteiger partial charge in [0.15, 0.2) is 11.5 Å². The number of hydrogen-bond acceptors (Lipinski definition) is 4. The van der Waals surface area contributed by atoms with E-state index < -0.39 is 5.41 Å². The van der Waals surface area contributed by atoms with Gasteiger partial charge in [0.2, 0.25) is 11.8 Å². The Morgan fingerprint density at radius 2 is 1.82 bits per heavy atom. The predicted molar refractivity (Wildman–Crippen MR) is 110 cm³/mol. The topological polar surface area (TPSA) is 67.9 Å². The highest BCUT2D eigenvalue weighted by molar-refractivity contribution is 6.19. The van der Waals surface area contributed by atoms with Crippen LogP contribution in [-0.2, 0) is 16.0 Å². The summed E-state index contributed by atoms with van der Waals surface area (Å²) in [7, 11) is 3.19. The van der Waals surface area contributed by atoms with Crippen LogP contribution in [0.2, 0.25) is 0 Å². The van der Waals surface area contributed by atoms with Crippen LogP contribution in [0.15, 0.2) is 18.2 Å². The molecule has 2 amide bonds. The standard InChI is InChI=1S/C21H31ClN2O4/c1-21(2,14-22)20(26)24-11-9-16(10-12-24)23-19(25)8-6-15-5-7-17(27-3)18(13-15)28-4/h5,7,13,16H,6,8-12,14H2,1-4H3,(H,23,25). The van der Waals surface area contributed by atoms with Crippen LogP contribution >= 0.6 is 11.6 Å². The minimum atomic E-state index is -0.545. The molecule has 0 saturated carbocycles. The van der Waals surface area contributed by atoms with E-state index in [1.807, 2.05) is 36.9 Å². The van der Waals surface area contributed by atoms with Crippen LogP contribution in [0.1, 0.15) is 38.7 Å². The Kier molecular flexibility index (Phi) is 7.98. The summed E-state index contributed by atoms with van der Waals surface area (Å²) in [5.74, 6) is 1.76. The molecule has 6 nitrogen and oxygen atoms in total. The summed E-state index contributed by atoms with van der Waals surface area (Å²) in [6.07, 6.45) is 2.58. The molecule has 1 heterocycles. The highest BCUT2D eigenvalue weighted by Gasteiger charge is 2.33. The van der Waals surface area contributed by atoms with Crippen molar-refractivity contribution in [3.63, 3.8) is 0 Å². The maximum absolute atomic E-state index is 12.5. The van der Waals surface area contributed by atoms with Gasteiger partial charge in [0.05, 0.1) is 19.6 Å². The zero-order chi connectivity index (χ0) is 20.7. The fourth-order valence-corrected chi connectivity index (χ4v) is 3.42. The van der Waals surface area contributed by atoms with E-state index in [0.717, 1.165) is 18.4 Å². The summed E-state index contributed by atoms with van der Waals surface area (Å²) >= 11 is 5.91. The van der Waals surface area contributed by atoms with Crippen molar-refractivity contribution in [2.45, 2.75) is 45.6 Å². The van der Waals surface area contributed by atoms with Crippen LogP contribution < -0.4 is 14.8 Å². The molecule has 1 N–H and O–H groups in total. The molecule has 1 aliphatic rings. The molecule has 1 aromatic rings. The van der Waals surface area contributed by atoms with Crippen molar-refractivity contribution in [3.05, 3.63) is 23.8 Å². The monoisotopic (exact) mass is 410 g/mol. The van der Waals surface area contributed by atoms with Gasteiger partial charge in [0.1, 0.15) is 0 Å². The quantitative estimate of drug-likeness (QED) is 0.669. The summed E-state index contributed by atoms with van der Waals surface area (Å²) < 4.78 is 10.5. The molecule has 0 spiro atoms. The molecular weight excluding hydrogens is 380 g/mol. The first kappa shape index (κ1) is 22.3. The molecule has 0 unspecified atom stereocenters. The van der Waals surface area contributed by atoms with Gasteiger partial charge in [-0.15, -0.1) is 11.6 Å². The van der Waals surface area contributed by atoms with Gasteiger partial charge in [-0.3, -0.25) is 9.59 Å². The van der Waals surface area contributed by atoms with Gasteiger partial charge in [0.25, 0.3) is 0 Å². The Balaban J connectivity index is 1.78. The van der Waals surface area contributed by atoms with Gasteiger partial charge in [-0.05, 0) is 50.8 Å². The number of halogens is 1. The third kappa shape index (κ3) is 5.77. The van der Waals surface area contributed by atoms with Gasteiger partial charge in [0, 0.05) is 31.4 Å². The van der Waals surface area contributed by atoms with Crippen molar-refractivity contribution in [3.8, 4) is 11.5 Å². The van der Waals surface area contributed by atoms with E-state index in [-0.39, 0.29) is 17.9 Å². The number of piperidine rings is 1. The van der Waals surface area contributed by atoms with Gasteiger partial charge in [-0.1, -0.05) is 6.07 Å². The molecule has 7 heteroatoms. The summed E-state index contributed by atoms with van der Waals surface area (Å²) in [5, 5.41) is 3.09. The summed E-state index contributed by atoms with van der Waals surface area (Å²) in [6.45, 7) is 5.04. The first-order valence-corrected chi connectivity index (χ1v) is 10.2. The van der Waals surface area contributed by atoms with Crippen molar-refractivity contribution in [1.82, 2.24) is 10.2 Å². The van der Waals surface area contributed by atoms with Crippen molar-refractivity contribution in [1.29, 1.82) is 0 Å². The van der Waals surface area contributed by atoms with Crippen molar-refractivity contribution < 1.29 is 19.1 Å². The average molecular weight is 411 g/mol. The van der Waals surface area contributed by atoms with Gasteiger partial charge < -0.3 is 19.7 Å². The van der Waals surface area contributed by atoms with Crippen LogP contribution in [0, 0.1) is 5.41 Å². The Labute approximate surface area is 172 Å². The Bertz CT molecular complexity index is 685. The normalized spacial score (nSPS) is 15.2. The number of rotatable bonds is 8. The lowest BCUT2D eigenvalue weighted by Gasteiger charge is -2.36. The number of amides is 2. The molecule has 156 valence electrons. The molecule has 0 radical (unpaired) electrons. The lowest BCUT2D eigenvalue weighted by atomic mass is 9.92. The number of alkyl halides is 1. The number of likely N-dealkylation sites (tertiary alicyclic amines) is 1. The Morgan fingerprint density at radius 1 is 1.18 bits per heavy atom. The largest absolute Gasteiger partial charge is 0.493 e. The van der Waals surface area contributed by atoms with E-state index in [1.165, 1.54) is 0 Å². The molecule has 2 rings (SSSR count). The Hall–Kier alpha value is -1.95. The Morgan fingerprint density at radius 3 is 2.39 bits per heavy atom. The highest BCUT2D eigenvalue weighted by atomic mass is 35.5. The minimum Gasteiger partial charge on any atom is -0.493 e. The molecule has 0 aromatic heterocycles. The molecular formula is C21H31ClN2O4. The fourth-order valence-electron chi connectivity index (χ4n) is 3.31. The van der Waals surface area contributed by atoms with Crippen LogP contribution in [-0.4, -0.2) is 55.9 Å². The van der Waals surface area contributed by atoms with Gasteiger partial charge in [-0.2, -0.15) is 0 Å². The molecule has 0 atom stereocenters. The third-order valence-corrected chi connectivity index (χ3v) is 5.82. The second-order valence-corrected chi connectivity index (χ2v) is 8.11. The van der Waals surface area contributed by atoms with E-state index in [1.54, 1.807) is 14.2 Å². The number of carbonyl (C=O) groups is 2. The number of nitrogens with zero attached hydrogens (tertiary/aromatic N) is 1. The summed E-state index contributed by atoms with van der Waals surface area (Å²) in [5.41, 5.74) is 0.480. The van der Waals surface area contributed by atoms with E-state index >= 15 is 0 Å². The SMILES string of the molecule is COc1ccc(CCC(=O)NC2CCN(C(=O)C(C)(C)CCl)CC2)cc1OC. The van der Waals surface area contributed by atoms with Crippen LogP contribution in [0.3, 0.4) is 0 Å². The third-order valence-electron chi connectivity index (χ3n) is 5.15. The zero-order valence-corrected chi connectivity index (χ0v) is 18.0. The van der Waals surface area contributed by atoms with Crippen molar-refractivity contribution >= 4 is 23.4 Å². The number of benzene rings is 1. The number of hydrogen-bond donors (Lipinski definition) is 1. The number of ether oxygens (including phenoxy) is 2. The smallest absolute Gasteiger partial charge is 0.229 e. The number of nitrogens with one attached hydrogen (secondary N) is 1. The second-order valence-electron chi connectivity index (χ2n) is 7.84. The lowest BCUT2D eigenvalue weighted by Crippen LogP contribution is -2.50. The minimum absolute atomic E-state index is 0.0284. The maximum atomic E-state index is 12.5. The zero-order valence-electron chi connectivity index (χ0n) is 17.2.